The Morgan fingerprint density at radius 2 is 1.65 bits per heavy atom. The maximum absolute atomic E-state index is 10.8. The largest absolute Gasteiger partial charge is 0.472 e. The second-order valence-corrected chi connectivity index (χ2v) is 6.33. The molecule has 1 saturated heterocycles. The van der Waals surface area contributed by atoms with E-state index in [1.54, 1.807) is 0 Å². The Labute approximate surface area is 112 Å². The molecule has 1 aliphatic heterocycles. The molecule has 1 rings (SSSR count). The van der Waals surface area contributed by atoms with Crippen LogP contribution in [0.15, 0.2) is 0 Å². The van der Waals surface area contributed by atoms with Crippen molar-refractivity contribution in [3.05, 3.63) is 0 Å². The first-order valence-electron chi connectivity index (χ1n) is 5.01. The van der Waals surface area contributed by atoms with Gasteiger partial charge >= 0.3 is 15.6 Å². The Morgan fingerprint density at radius 1 is 1.10 bits per heavy atom. The molecule has 1 fully saturated rings. The molecule has 1 heterocycles. The van der Waals surface area contributed by atoms with E-state index in [0.717, 1.165) is 0 Å². The lowest BCUT2D eigenvalue weighted by Crippen LogP contribution is -2.47. The Kier molecular flexibility index (Phi) is 5.48. The molecule has 14 heteroatoms. The summed E-state index contributed by atoms with van der Waals surface area (Å²) in [5, 5.41) is 28.2. The van der Waals surface area contributed by atoms with Gasteiger partial charge in [-0.3, -0.25) is 4.52 Å². The minimum absolute atomic E-state index is 0.908. The van der Waals surface area contributed by atoms with Crippen LogP contribution in [0.25, 0.3) is 0 Å². The van der Waals surface area contributed by atoms with Crippen LogP contribution in [-0.2, 0) is 22.9 Å². The van der Waals surface area contributed by atoms with Crippen LogP contribution in [0.3, 0.4) is 0 Å². The fourth-order valence-electron chi connectivity index (χ4n) is 1.60. The maximum Gasteiger partial charge on any atom is 0.472 e. The van der Waals surface area contributed by atoms with E-state index in [1.807, 2.05) is 0 Å². The second kappa shape index (κ2) is 6.05. The van der Waals surface area contributed by atoms with Crippen LogP contribution in [0.5, 0.6) is 0 Å². The van der Waals surface area contributed by atoms with Crippen LogP contribution in [0.1, 0.15) is 0 Å². The first-order valence-corrected chi connectivity index (χ1v) is 8.07. The van der Waals surface area contributed by atoms with Gasteiger partial charge in [0.25, 0.3) is 0 Å². The van der Waals surface area contributed by atoms with Gasteiger partial charge in [0.2, 0.25) is 5.79 Å². The summed E-state index contributed by atoms with van der Waals surface area (Å²) in [6, 6.07) is 0. The van der Waals surface area contributed by atoms with Gasteiger partial charge in [-0.2, -0.15) is 0 Å². The number of phosphoric ester groups is 2. The van der Waals surface area contributed by atoms with Crippen molar-refractivity contribution >= 4 is 15.6 Å². The van der Waals surface area contributed by atoms with E-state index < -0.39 is 53.0 Å². The molecule has 120 valence electrons. The molecule has 12 nitrogen and oxygen atoms in total. The van der Waals surface area contributed by atoms with E-state index in [2.05, 4.69) is 9.05 Å². The summed E-state index contributed by atoms with van der Waals surface area (Å²) in [6.07, 6.45) is -5.53. The molecule has 20 heavy (non-hydrogen) atoms. The highest BCUT2D eigenvalue weighted by molar-refractivity contribution is 7.46. The molecule has 0 aromatic carbocycles. The molecule has 0 aromatic rings. The van der Waals surface area contributed by atoms with Gasteiger partial charge in [-0.15, -0.1) is 0 Å². The zero-order chi connectivity index (χ0) is 15.8. The molecule has 0 amide bonds. The van der Waals surface area contributed by atoms with Crippen LogP contribution in [0, 0.1) is 0 Å². The molecule has 4 unspecified atom stereocenters. The summed E-state index contributed by atoms with van der Waals surface area (Å²) >= 11 is 0. The lowest BCUT2D eigenvalue weighted by Gasteiger charge is -2.29. The molecule has 0 spiro atoms. The molecule has 1 aliphatic rings. The Morgan fingerprint density at radius 3 is 2.05 bits per heavy atom. The average molecular weight is 340 g/mol. The van der Waals surface area contributed by atoms with Crippen LogP contribution in [-0.4, -0.2) is 72.2 Å². The highest BCUT2D eigenvalue weighted by Gasteiger charge is 2.58. The van der Waals surface area contributed by atoms with Crippen molar-refractivity contribution in [1.29, 1.82) is 0 Å². The van der Waals surface area contributed by atoms with Gasteiger partial charge in [-0.05, 0) is 0 Å². The number of aliphatic hydroxyl groups is 3. The summed E-state index contributed by atoms with van der Waals surface area (Å²) in [7, 11) is -10.1. The summed E-state index contributed by atoms with van der Waals surface area (Å²) in [5.74, 6) is -2.64. The standard InChI is InChI=1S/C6H14O12P2/c7-2-6(18-20(13,14)15)5(9)4(8)3(17-6)1-16-19(10,11)12/h3-5,7-9H,1-2H2,(H2,10,11,12)(H2,13,14,15). The quantitative estimate of drug-likeness (QED) is 0.242. The van der Waals surface area contributed by atoms with E-state index in [1.165, 1.54) is 0 Å². The summed E-state index contributed by atoms with van der Waals surface area (Å²) in [5.41, 5.74) is 0. The molecule has 0 aliphatic carbocycles. The number of rotatable bonds is 6. The Bertz CT molecular complexity index is 428. The lowest BCUT2D eigenvalue weighted by molar-refractivity contribution is -0.237. The molecule has 0 radical (unpaired) electrons. The van der Waals surface area contributed by atoms with E-state index in [9.17, 15) is 19.3 Å². The van der Waals surface area contributed by atoms with Crippen molar-refractivity contribution in [1.82, 2.24) is 0 Å². The molecular weight excluding hydrogens is 326 g/mol. The molecule has 0 saturated carbocycles. The summed E-state index contributed by atoms with van der Waals surface area (Å²) in [4.78, 5) is 34.3. The van der Waals surface area contributed by atoms with Crippen molar-refractivity contribution < 1.29 is 57.8 Å². The first-order chi connectivity index (χ1) is 8.90. The Hall–Kier alpha value is 0.0600. The number of hydrogen-bond donors (Lipinski definition) is 7. The zero-order valence-electron chi connectivity index (χ0n) is 9.71. The molecule has 7 N–H and O–H groups in total. The number of ether oxygens (including phenoxy) is 1. The normalized spacial score (nSPS) is 35.5. The fourth-order valence-corrected chi connectivity index (χ4v) is 2.55. The summed E-state index contributed by atoms with van der Waals surface area (Å²) in [6.45, 7) is -2.14. The van der Waals surface area contributed by atoms with Gasteiger partial charge in [0.1, 0.15) is 24.9 Å². The number of hydrogen-bond acceptors (Lipinski definition) is 8. The van der Waals surface area contributed by atoms with Gasteiger partial charge in [0.15, 0.2) is 0 Å². The molecule has 0 bridgehead atoms. The van der Waals surface area contributed by atoms with Gasteiger partial charge in [0, 0.05) is 0 Å². The van der Waals surface area contributed by atoms with Crippen LogP contribution in [0.2, 0.25) is 0 Å². The van der Waals surface area contributed by atoms with Crippen molar-refractivity contribution in [3.63, 3.8) is 0 Å². The Balaban J connectivity index is 2.85. The first kappa shape index (κ1) is 18.1. The third-order valence-corrected chi connectivity index (χ3v) is 3.44. The lowest BCUT2D eigenvalue weighted by atomic mass is 10.1. The predicted molar refractivity (Wildman–Crippen MR) is 57.8 cm³/mol. The average Bonchev–Trinajstić information content (AvgIpc) is 2.49. The number of aliphatic hydroxyl groups excluding tert-OH is 3. The van der Waals surface area contributed by atoms with Crippen LogP contribution < -0.4 is 0 Å². The van der Waals surface area contributed by atoms with E-state index >= 15 is 0 Å². The van der Waals surface area contributed by atoms with Crippen LogP contribution in [0.4, 0.5) is 0 Å². The minimum atomic E-state index is -5.19. The highest BCUT2D eigenvalue weighted by atomic mass is 31.2. The fraction of sp³-hybridized carbons (Fsp3) is 1.00. The van der Waals surface area contributed by atoms with E-state index in [0.29, 0.717) is 0 Å². The molecular formula is C6H14O12P2. The van der Waals surface area contributed by atoms with Crippen LogP contribution >= 0.6 is 15.6 Å². The SMILES string of the molecule is O=P(O)(O)OCC1OC(CO)(OP(=O)(O)O)C(O)C1O. The monoisotopic (exact) mass is 340 g/mol. The van der Waals surface area contributed by atoms with Gasteiger partial charge in [0.05, 0.1) is 6.61 Å². The van der Waals surface area contributed by atoms with Gasteiger partial charge in [-0.25, -0.2) is 13.7 Å². The molecule has 4 atom stereocenters. The van der Waals surface area contributed by atoms with E-state index in [-0.39, 0.29) is 0 Å². The third-order valence-electron chi connectivity index (χ3n) is 2.41. The van der Waals surface area contributed by atoms with Crippen molar-refractivity contribution in [2.45, 2.75) is 24.1 Å². The van der Waals surface area contributed by atoms with E-state index in [4.69, 9.17) is 29.4 Å². The second-order valence-electron chi connectivity index (χ2n) is 3.93. The smallest absolute Gasteiger partial charge is 0.391 e. The van der Waals surface area contributed by atoms with Crippen molar-refractivity contribution in [2.75, 3.05) is 13.2 Å². The maximum atomic E-state index is 10.8. The van der Waals surface area contributed by atoms with Crippen molar-refractivity contribution in [3.8, 4) is 0 Å². The topological polar surface area (TPSA) is 203 Å². The minimum Gasteiger partial charge on any atom is -0.391 e. The predicted octanol–water partition coefficient (Wildman–Crippen LogP) is -2.99. The highest BCUT2D eigenvalue weighted by Crippen LogP contribution is 2.47. The third kappa shape index (κ3) is 4.53. The van der Waals surface area contributed by atoms with Gasteiger partial charge in [-0.1, -0.05) is 0 Å². The van der Waals surface area contributed by atoms with Crippen molar-refractivity contribution in [2.24, 2.45) is 0 Å². The number of phosphoric acid groups is 2. The molecule has 0 aromatic heterocycles. The summed E-state index contributed by atoms with van der Waals surface area (Å²) < 4.78 is 34.2. The zero-order valence-corrected chi connectivity index (χ0v) is 11.5. The van der Waals surface area contributed by atoms with Gasteiger partial charge < -0.3 is 39.6 Å².